The molecule has 4 nitrogen and oxygen atoms in total. The molecule has 1 heterocycles. The fourth-order valence-electron chi connectivity index (χ4n) is 3.58. The van der Waals surface area contributed by atoms with E-state index in [2.05, 4.69) is 5.32 Å². The van der Waals surface area contributed by atoms with Gasteiger partial charge in [0.1, 0.15) is 0 Å². The van der Waals surface area contributed by atoms with E-state index in [9.17, 15) is 4.79 Å². The lowest BCUT2D eigenvalue weighted by atomic mass is 9.85. The van der Waals surface area contributed by atoms with Crippen molar-refractivity contribution in [2.45, 2.75) is 44.7 Å². The summed E-state index contributed by atoms with van der Waals surface area (Å²) in [6.45, 7) is 1.44. The lowest BCUT2D eigenvalue weighted by Gasteiger charge is -2.31. The van der Waals surface area contributed by atoms with Crippen LogP contribution in [0, 0.1) is 5.92 Å². The minimum Gasteiger partial charge on any atom is -0.326 e. The Bertz CT molecular complexity index is 471. The van der Waals surface area contributed by atoms with Gasteiger partial charge < -0.3 is 16.0 Å². The van der Waals surface area contributed by atoms with Crippen molar-refractivity contribution in [3.05, 3.63) is 29.8 Å². The minimum absolute atomic E-state index is 0.0555. The lowest BCUT2D eigenvalue weighted by molar-refractivity contribution is 0.182. The zero-order valence-electron chi connectivity index (χ0n) is 11.8. The van der Waals surface area contributed by atoms with E-state index in [0.717, 1.165) is 23.7 Å². The molecule has 0 aromatic heterocycles. The van der Waals surface area contributed by atoms with E-state index in [4.69, 9.17) is 5.73 Å². The maximum absolute atomic E-state index is 12.4. The molecule has 2 unspecified atom stereocenters. The first-order chi connectivity index (χ1) is 9.78. The van der Waals surface area contributed by atoms with Crippen LogP contribution in [0.3, 0.4) is 0 Å². The summed E-state index contributed by atoms with van der Waals surface area (Å²) in [5, 5.41) is 3.01. The van der Waals surface area contributed by atoms with Crippen molar-refractivity contribution in [1.82, 2.24) is 4.90 Å². The van der Waals surface area contributed by atoms with Gasteiger partial charge in [0.05, 0.1) is 0 Å². The Kier molecular flexibility index (Phi) is 3.92. The van der Waals surface area contributed by atoms with Crippen molar-refractivity contribution in [3.63, 3.8) is 0 Å². The first-order valence-corrected chi connectivity index (χ1v) is 7.64. The fourth-order valence-corrected chi connectivity index (χ4v) is 3.58. The Morgan fingerprint density at radius 3 is 2.70 bits per heavy atom. The molecule has 3 rings (SSSR count). The normalized spacial score (nSPS) is 25.4. The molecule has 2 fully saturated rings. The highest BCUT2D eigenvalue weighted by Gasteiger charge is 2.38. The number of rotatable bonds is 2. The zero-order valence-corrected chi connectivity index (χ0v) is 11.8. The fraction of sp³-hybridized carbons (Fsp3) is 0.562. The van der Waals surface area contributed by atoms with Gasteiger partial charge in [-0.1, -0.05) is 25.0 Å². The highest BCUT2D eigenvalue weighted by Crippen LogP contribution is 2.36. The third-order valence-corrected chi connectivity index (χ3v) is 4.71. The Morgan fingerprint density at radius 1 is 1.20 bits per heavy atom. The molecule has 3 N–H and O–H groups in total. The van der Waals surface area contributed by atoms with Gasteiger partial charge in [0.2, 0.25) is 0 Å². The molecule has 2 atom stereocenters. The van der Waals surface area contributed by atoms with E-state index >= 15 is 0 Å². The number of fused-ring (bicyclic) bond motifs is 1. The first-order valence-electron chi connectivity index (χ1n) is 7.64. The Morgan fingerprint density at radius 2 is 1.95 bits per heavy atom. The van der Waals surface area contributed by atoms with Gasteiger partial charge in [0.15, 0.2) is 0 Å². The number of hydrogen-bond donors (Lipinski definition) is 2. The van der Waals surface area contributed by atoms with Crippen molar-refractivity contribution in [2.75, 3.05) is 11.9 Å². The van der Waals surface area contributed by atoms with Gasteiger partial charge in [-0.2, -0.15) is 0 Å². The van der Waals surface area contributed by atoms with Crippen LogP contribution in [0.25, 0.3) is 0 Å². The summed E-state index contributed by atoms with van der Waals surface area (Å²) in [6.07, 6.45) is 6.22. The number of amides is 2. The standard InChI is InChI=1S/C16H23N3O/c17-11-12-5-7-14(8-6-12)18-16(20)19-10-9-13-3-1-2-4-15(13)19/h5-8,13,15H,1-4,9-11,17H2,(H,18,20). The zero-order chi connectivity index (χ0) is 13.9. The number of carbonyl (C=O) groups is 1. The third kappa shape index (κ3) is 2.66. The van der Waals surface area contributed by atoms with Gasteiger partial charge in [-0.15, -0.1) is 0 Å². The van der Waals surface area contributed by atoms with Crippen LogP contribution in [0.1, 0.15) is 37.7 Å². The highest BCUT2D eigenvalue weighted by atomic mass is 16.2. The maximum Gasteiger partial charge on any atom is 0.322 e. The molecule has 0 spiro atoms. The summed E-state index contributed by atoms with van der Waals surface area (Å²) in [5.41, 5.74) is 7.51. The van der Waals surface area contributed by atoms with Crippen LogP contribution in [0.2, 0.25) is 0 Å². The molecule has 1 aromatic rings. The summed E-state index contributed by atoms with van der Waals surface area (Å²) >= 11 is 0. The van der Waals surface area contributed by atoms with E-state index in [0.29, 0.717) is 12.6 Å². The molecule has 1 saturated heterocycles. The lowest BCUT2D eigenvalue weighted by Crippen LogP contribution is -2.41. The van der Waals surface area contributed by atoms with Gasteiger partial charge >= 0.3 is 6.03 Å². The number of hydrogen-bond acceptors (Lipinski definition) is 2. The van der Waals surface area contributed by atoms with Crippen LogP contribution < -0.4 is 11.1 Å². The molecule has 0 bridgehead atoms. The van der Waals surface area contributed by atoms with Gasteiger partial charge in [0, 0.05) is 24.8 Å². The third-order valence-electron chi connectivity index (χ3n) is 4.71. The SMILES string of the molecule is NCc1ccc(NC(=O)N2CCC3CCCCC32)cc1. The van der Waals surface area contributed by atoms with Crippen LogP contribution in [0.15, 0.2) is 24.3 Å². The summed E-state index contributed by atoms with van der Waals surface area (Å²) in [7, 11) is 0. The molecule has 1 saturated carbocycles. The van der Waals surface area contributed by atoms with Gasteiger partial charge in [-0.25, -0.2) is 4.79 Å². The second-order valence-electron chi connectivity index (χ2n) is 5.93. The summed E-state index contributed by atoms with van der Waals surface area (Å²) in [5.74, 6) is 0.731. The first kappa shape index (κ1) is 13.4. The average Bonchev–Trinajstić information content (AvgIpc) is 2.92. The largest absolute Gasteiger partial charge is 0.326 e. The molecular formula is C16H23N3O. The second-order valence-corrected chi connectivity index (χ2v) is 5.93. The minimum atomic E-state index is 0.0555. The van der Waals surface area contributed by atoms with Crippen molar-refractivity contribution in [1.29, 1.82) is 0 Å². The van der Waals surface area contributed by atoms with E-state index in [1.165, 1.54) is 32.1 Å². The molecule has 2 aliphatic rings. The van der Waals surface area contributed by atoms with E-state index in [1.807, 2.05) is 29.2 Å². The number of anilines is 1. The number of nitrogens with zero attached hydrogens (tertiary/aromatic N) is 1. The van der Waals surface area contributed by atoms with Gasteiger partial charge in [0.25, 0.3) is 0 Å². The Labute approximate surface area is 120 Å². The van der Waals surface area contributed by atoms with Crippen molar-refractivity contribution in [3.8, 4) is 0 Å². The molecule has 1 aliphatic carbocycles. The number of benzene rings is 1. The number of urea groups is 1. The maximum atomic E-state index is 12.4. The molecule has 4 heteroatoms. The number of likely N-dealkylation sites (tertiary alicyclic amines) is 1. The van der Waals surface area contributed by atoms with Crippen molar-refractivity contribution in [2.24, 2.45) is 11.7 Å². The molecule has 2 amide bonds. The molecule has 0 radical (unpaired) electrons. The summed E-state index contributed by atoms with van der Waals surface area (Å²) < 4.78 is 0. The van der Waals surface area contributed by atoms with E-state index in [1.54, 1.807) is 0 Å². The average molecular weight is 273 g/mol. The molecular weight excluding hydrogens is 250 g/mol. The van der Waals surface area contributed by atoms with Crippen LogP contribution in [-0.2, 0) is 6.54 Å². The van der Waals surface area contributed by atoms with Gasteiger partial charge in [-0.05, 0) is 42.9 Å². The Hall–Kier alpha value is -1.55. The van der Waals surface area contributed by atoms with Crippen molar-refractivity contribution >= 4 is 11.7 Å². The monoisotopic (exact) mass is 273 g/mol. The molecule has 20 heavy (non-hydrogen) atoms. The second kappa shape index (κ2) is 5.83. The van der Waals surface area contributed by atoms with Crippen LogP contribution in [-0.4, -0.2) is 23.5 Å². The summed E-state index contributed by atoms with van der Waals surface area (Å²) in [4.78, 5) is 14.5. The quantitative estimate of drug-likeness (QED) is 0.870. The Balaban J connectivity index is 1.63. The van der Waals surface area contributed by atoms with E-state index in [-0.39, 0.29) is 6.03 Å². The molecule has 1 aromatic carbocycles. The highest BCUT2D eigenvalue weighted by molar-refractivity contribution is 5.89. The number of carbonyl (C=O) groups excluding carboxylic acids is 1. The predicted octanol–water partition coefficient (Wildman–Crippen LogP) is 2.94. The number of nitrogens with two attached hydrogens (primary N) is 1. The molecule has 1 aliphatic heterocycles. The van der Waals surface area contributed by atoms with Crippen molar-refractivity contribution < 1.29 is 4.79 Å². The van der Waals surface area contributed by atoms with E-state index < -0.39 is 0 Å². The predicted molar refractivity (Wildman–Crippen MR) is 80.4 cm³/mol. The van der Waals surface area contributed by atoms with Crippen LogP contribution in [0.5, 0.6) is 0 Å². The number of nitrogens with one attached hydrogen (secondary N) is 1. The molecule has 108 valence electrons. The topological polar surface area (TPSA) is 58.4 Å². The summed E-state index contributed by atoms with van der Waals surface area (Å²) in [6, 6.07) is 8.29. The van der Waals surface area contributed by atoms with Crippen LogP contribution >= 0.6 is 0 Å². The smallest absolute Gasteiger partial charge is 0.322 e. The van der Waals surface area contributed by atoms with Gasteiger partial charge in [-0.3, -0.25) is 0 Å². The van der Waals surface area contributed by atoms with Crippen LogP contribution in [0.4, 0.5) is 10.5 Å².